The van der Waals surface area contributed by atoms with Gasteiger partial charge in [0, 0.05) is 32.2 Å². The molecule has 3 atom stereocenters. The zero-order valence-electron chi connectivity index (χ0n) is 35.1. The number of nitrogens with zero attached hydrogens (tertiary/aromatic N) is 5. The minimum atomic E-state index is -4.96. The molecular weight excluding hydrogens is 1080 g/mol. The number of nitrogens with one attached hydrogen (secondary N) is 2. The van der Waals surface area contributed by atoms with Gasteiger partial charge < -0.3 is 5.32 Å². The lowest BCUT2D eigenvalue weighted by Gasteiger charge is -2.34. The number of hydrogen-bond donors (Lipinski definition) is 2. The highest BCUT2D eigenvalue weighted by Gasteiger charge is 2.62. The van der Waals surface area contributed by atoms with Gasteiger partial charge in [-0.05, 0) is 110 Å². The van der Waals surface area contributed by atoms with E-state index in [4.69, 9.17) is 16.6 Å². The molecule has 67 heavy (non-hydrogen) atoms. The number of carbonyl (C=O) groups is 1. The van der Waals surface area contributed by atoms with E-state index < -0.39 is 126 Å². The number of fused-ring (bicyclic) bond motifs is 4. The molecule has 25 heteroatoms. The summed E-state index contributed by atoms with van der Waals surface area (Å²) in [6.45, 7) is -0.111. The molecule has 0 radical (unpaired) electrons. The first-order valence-electron chi connectivity index (χ1n) is 20.3. The van der Waals surface area contributed by atoms with E-state index in [2.05, 4.69) is 32.1 Å². The molecule has 5 aromatic rings. The second-order valence-corrected chi connectivity index (χ2v) is 23.3. The number of hydrogen-bond acceptors (Lipinski definition) is 8. The van der Waals surface area contributed by atoms with E-state index in [0.29, 0.717) is 28.3 Å². The normalized spacial score (nSPS) is 18.6. The average Bonchev–Trinajstić information content (AvgIpc) is 3.86. The number of aromatic nitrogens is 5. The minimum absolute atomic E-state index is 0.0370. The Morgan fingerprint density at radius 2 is 1.64 bits per heavy atom. The summed E-state index contributed by atoms with van der Waals surface area (Å²) in [5.41, 5.74) is -3.39. The molecular formula is C42H36ClF9IN7O5S2. The second kappa shape index (κ2) is 17.1. The van der Waals surface area contributed by atoms with E-state index in [1.807, 2.05) is 0 Å². The van der Waals surface area contributed by atoms with Crippen LogP contribution in [0, 0.1) is 33.0 Å². The third-order valence-electron chi connectivity index (χ3n) is 11.9. The number of rotatable bonds is 13. The number of halogens is 11. The van der Waals surface area contributed by atoms with Gasteiger partial charge >= 0.3 is 6.18 Å². The van der Waals surface area contributed by atoms with Crippen molar-refractivity contribution in [2.45, 2.75) is 99.5 Å². The van der Waals surface area contributed by atoms with Crippen molar-refractivity contribution in [1.29, 1.82) is 0 Å². The monoisotopic (exact) mass is 1120 g/mol. The van der Waals surface area contributed by atoms with Crippen molar-refractivity contribution in [3.8, 4) is 23.0 Å². The molecule has 2 saturated carbocycles. The van der Waals surface area contributed by atoms with Crippen LogP contribution in [-0.4, -0.2) is 69.7 Å². The van der Waals surface area contributed by atoms with Gasteiger partial charge in [-0.2, -0.15) is 32.1 Å². The average molecular weight is 1120 g/mol. The Balaban J connectivity index is 1.35. The van der Waals surface area contributed by atoms with Crippen molar-refractivity contribution < 1.29 is 61.1 Å². The molecule has 0 spiro atoms. The lowest BCUT2D eigenvalue weighted by atomic mass is 9.73. The topological polar surface area (TPSA) is 158 Å². The molecule has 0 unspecified atom stereocenters. The van der Waals surface area contributed by atoms with Gasteiger partial charge in [0.2, 0.25) is 15.9 Å². The Bertz CT molecular complexity index is 3150. The van der Waals surface area contributed by atoms with Crippen molar-refractivity contribution in [3.63, 3.8) is 0 Å². The van der Waals surface area contributed by atoms with Gasteiger partial charge in [-0.25, -0.2) is 39.4 Å². The van der Waals surface area contributed by atoms with Gasteiger partial charge in [0.05, 0.1) is 39.2 Å². The van der Waals surface area contributed by atoms with Crippen LogP contribution in [-0.2, 0) is 50.1 Å². The highest BCUT2D eigenvalue weighted by Crippen LogP contribution is 2.63. The largest absolute Gasteiger partial charge is 0.408 e. The van der Waals surface area contributed by atoms with E-state index in [-0.39, 0.29) is 60.5 Å². The maximum Gasteiger partial charge on any atom is 0.408 e. The molecule has 2 N–H and O–H groups in total. The van der Waals surface area contributed by atoms with Crippen LogP contribution in [0.15, 0.2) is 36.4 Å². The smallest absolute Gasteiger partial charge is 0.346 e. The Hall–Kier alpha value is -4.61. The lowest BCUT2D eigenvalue weighted by Crippen LogP contribution is -2.36. The van der Waals surface area contributed by atoms with Crippen molar-refractivity contribution in [1.82, 2.24) is 29.9 Å². The van der Waals surface area contributed by atoms with E-state index in [9.17, 15) is 52.4 Å². The van der Waals surface area contributed by atoms with Crippen LogP contribution in [0.1, 0.15) is 91.8 Å². The fourth-order valence-corrected chi connectivity index (χ4v) is 11.8. The first-order valence-corrected chi connectivity index (χ1v) is 25.2. The van der Waals surface area contributed by atoms with Crippen LogP contribution in [0.5, 0.6) is 0 Å². The SMILES string of the molecule is CC(C)(C#Cc1nc([C@H](Cc2cc(F)cc(F)c2)NC(=O)Cn2nc(C(F)F)c3c2C(F)(F)[C@@H]2CC[C@H]32)c(-c2ccc(Cl)c3c(NS(C)(=O)=O)nn(CC(F)(F)F)c23)cc1I)S(=O)(=O)C1CC1. The van der Waals surface area contributed by atoms with Crippen molar-refractivity contribution in [3.05, 3.63) is 90.5 Å². The van der Waals surface area contributed by atoms with E-state index in [1.54, 1.807) is 22.6 Å². The number of anilines is 1. The maximum absolute atomic E-state index is 15.8. The molecule has 0 bridgehead atoms. The molecule has 8 rings (SSSR count). The first-order chi connectivity index (χ1) is 31.1. The number of pyridine rings is 1. The van der Waals surface area contributed by atoms with Crippen LogP contribution in [0.4, 0.5) is 45.3 Å². The molecule has 2 fully saturated rings. The Morgan fingerprint density at radius 1 is 0.970 bits per heavy atom. The van der Waals surface area contributed by atoms with Crippen LogP contribution in [0.3, 0.4) is 0 Å². The summed E-state index contributed by atoms with van der Waals surface area (Å²) in [5, 5.41) is 9.03. The van der Waals surface area contributed by atoms with Gasteiger partial charge in [0.1, 0.15) is 46.6 Å². The molecule has 3 aromatic heterocycles. The lowest BCUT2D eigenvalue weighted by molar-refractivity contribution is -0.141. The number of sulfone groups is 1. The predicted molar refractivity (Wildman–Crippen MR) is 236 cm³/mol. The summed E-state index contributed by atoms with van der Waals surface area (Å²) in [5.74, 6) is -4.23. The standard InChI is InChI=1S/C42H36ClF9IN7O5S2/c1-40(2,67(64,65)22-4-5-22)11-10-29-28(53)16-25(23-7-9-27(43)33-36(23)60(18-41(48,49)50)57-39(33)58-66(3,62)63)34(55-29)30(14-19-12-20(44)15-21(45)13-19)54-31(61)17-59-37-32(35(56-59)38(46)47)24-6-8-26(24)42(37,51)52/h7,9,12-13,15-16,22,24,26,30,38H,4-6,8,14,17-18H2,1-3H3,(H,54,61)(H,57,58)/t24-,26+,30-/m0/s1. The Kier molecular flexibility index (Phi) is 12.5. The van der Waals surface area contributed by atoms with Gasteiger partial charge in [-0.1, -0.05) is 23.6 Å². The van der Waals surface area contributed by atoms with Gasteiger partial charge in [0.15, 0.2) is 15.7 Å². The van der Waals surface area contributed by atoms with Crippen LogP contribution < -0.4 is 10.0 Å². The summed E-state index contributed by atoms with van der Waals surface area (Å²) < 4.78 is 186. The molecule has 12 nitrogen and oxygen atoms in total. The molecule has 3 aliphatic carbocycles. The summed E-state index contributed by atoms with van der Waals surface area (Å²) >= 11 is 8.32. The van der Waals surface area contributed by atoms with Gasteiger partial charge in [0.25, 0.3) is 12.3 Å². The minimum Gasteiger partial charge on any atom is -0.346 e. The fraction of sp³-hybridized carbons (Fsp3) is 0.429. The Morgan fingerprint density at radius 3 is 2.22 bits per heavy atom. The molecule has 1 amide bonds. The fourth-order valence-electron chi connectivity index (χ4n) is 8.68. The molecule has 0 saturated heterocycles. The summed E-state index contributed by atoms with van der Waals surface area (Å²) in [4.78, 5) is 18.9. The first kappa shape index (κ1) is 48.8. The zero-order chi connectivity index (χ0) is 48.9. The van der Waals surface area contributed by atoms with Crippen LogP contribution >= 0.6 is 34.2 Å². The van der Waals surface area contributed by atoms with E-state index in [1.165, 1.54) is 32.0 Å². The maximum atomic E-state index is 15.8. The summed E-state index contributed by atoms with van der Waals surface area (Å²) in [7, 11) is -8.00. The van der Waals surface area contributed by atoms with Crippen molar-refractivity contribution in [2.24, 2.45) is 5.92 Å². The summed E-state index contributed by atoms with van der Waals surface area (Å²) in [6, 6.07) is 4.53. The third kappa shape index (κ3) is 9.45. The third-order valence-corrected chi connectivity index (χ3v) is 16.5. The summed E-state index contributed by atoms with van der Waals surface area (Å²) in [6.07, 6.45) is -7.01. The molecule has 3 heterocycles. The Labute approximate surface area is 395 Å². The van der Waals surface area contributed by atoms with Crippen LogP contribution in [0.2, 0.25) is 5.02 Å². The highest BCUT2D eigenvalue weighted by molar-refractivity contribution is 14.1. The highest BCUT2D eigenvalue weighted by atomic mass is 127. The number of benzene rings is 2. The number of sulfonamides is 1. The van der Waals surface area contributed by atoms with Gasteiger partial charge in [-0.3, -0.25) is 18.9 Å². The molecule has 3 aliphatic rings. The number of amides is 1. The second-order valence-electron chi connectivity index (χ2n) is 17.2. The predicted octanol–water partition coefficient (Wildman–Crippen LogP) is 9.11. The number of carbonyl (C=O) groups excluding carboxylic acids is 1. The zero-order valence-corrected chi connectivity index (χ0v) is 39.6. The number of alkyl halides is 7. The van der Waals surface area contributed by atoms with E-state index in [0.717, 1.165) is 18.4 Å². The van der Waals surface area contributed by atoms with Gasteiger partial charge in [-0.15, -0.1) is 0 Å². The quantitative estimate of drug-likeness (QED) is 0.0672. The van der Waals surface area contributed by atoms with Crippen molar-refractivity contribution >= 4 is 76.7 Å². The van der Waals surface area contributed by atoms with Crippen molar-refractivity contribution in [2.75, 3.05) is 11.0 Å². The molecule has 358 valence electrons. The van der Waals surface area contributed by atoms with E-state index >= 15 is 8.78 Å². The van der Waals surface area contributed by atoms with Crippen LogP contribution in [0.25, 0.3) is 22.0 Å². The molecule has 0 aliphatic heterocycles. The molecule has 2 aromatic carbocycles.